The van der Waals surface area contributed by atoms with Gasteiger partial charge in [0.05, 0.1) is 0 Å². The fourth-order valence-electron chi connectivity index (χ4n) is 2.82. The van der Waals surface area contributed by atoms with E-state index in [2.05, 4.69) is 20.3 Å². The van der Waals surface area contributed by atoms with Crippen molar-refractivity contribution >= 4 is 23.3 Å². The molecular formula is C22H23N5O2. The summed E-state index contributed by atoms with van der Waals surface area (Å²) in [7, 11) is 1.75. The number of aromatic nitrogens is 3. The molecule has 0 aliphatic carbocycles. The van der Waals surface area contributed by atoms with E-state index in [1.807, 2.05) is 25.1 Å². The first kappa shape index (κ1) is 20.1. The van der Waals surface area contributed by atoms with Gasteiger partial charge in [-0.25, -0.2) is 9.97 Å². The smallest absolute Gasteiger partial charge is 0.272 e. The molecule has 148 valence electrons. The molecule has 0 aliphatic heterocycles. The lowest BCUT2D eigenvalue weighted by atomic mass is 10.1. The molecule has 0 radical (unpaired) electrons. The molecule has 0 fully saturated rings. The van der Waals surface area contributed by atoms with Gasteiger partial charge in [-0.3, -0.25) is 14.6 Å². The number of carbonyl (C=O) groups is 2. The molecule has 2 aromatic heterocycles. The number of benzene rings is 1. The Labute approximate surface area is 169 Å². The van der Waals surface area contributed by atoms with Gasteiger partial charge in [-0.2, -0.15) is 0 Å². The van der Waals surface area contributed by atoms with Crippen molar-refractivity contribution in [3.05, 3.63) is 77.4 Å². The first-order valence-corrected chi connectivity index (χ1v) is 9.30. The molecule has 1 aromatic carbocycles. The van der Waals surface area contributed by atoms with Gasteiger partial charge in [0, 0.05) is 42.9 Å². The molecule has 0 aliphatic rings. The van der Waals surface area contributed by atoms with Crippen molar-refractivity contribution in [2.45, 2.75) is 20.3 Å². The van der Waals surface area contributed by atoms with Crippen molar-refractivity contribution in [2.24, 2.45) is 0 Å². The summed E-state index contributed by atoms with van der Waals surface area (Å²) in [5.74, 6) is 0.118. The number of pyridine rings is 1. The number of hydrogen-bond acceptors (Lipinski definition) is 6. The third-order valence-electron chi connectivity index (χ3n) is 4.43. The zero-order valence-corrected chi connectivity index (χ0v) is 16.7. The van der Waals surface area contributed by atoms with Gasteiger partial charge in [-0.05, 0) is 56.2 Å². The molecule has 3 aromatic rings. The summed E-state index contributed by atoms with van der Waals surface area (Å²) in [5, 5.41) is 3.08. The van der Waals surface area contributed by atoms with E-state index in [0.717, 1.165) is 12.0 Å². The second kappa shape index (κ2) is 9.05. The third kappa shape index (κ3) is 5.44. The number of rotatable bonds is 7. The number of aryl methyl sites for hydroxylation is 1. The van der Waals surface area contributed by atoms with Crippen LogP contribution in [0.3, 0.4) is 0 Å². The molecule has 0 saturated heterocycles. The predicted octanol–water partition coefficient (Wildman–Crippen LogP) is 3.44. The highest BCUT2D eigenvalue weighted by atomic mass is 16.2. The largest absolute Gasteiger partial charge is 0.340 e. The van der Waals surface area contributed by atoms with Crippen LogP contribution in [0, 0.1) is 6.92 Å². The number of ketones is 1. The number of nitrogens with zero attached hydrogens (tertiary/aromatic N) is 4. The van der Waals surface area contributed by atoms with Crippen LogP contribution in [-0.2, 0) is 6.42 Å². The molecule has 1 N–H and O–H groups in total. The van der Waals surface area contributed by atoms with Crippen LogP contribution in [0.4, 0.5) is 11.6 Å². The van der Waals surface area contributed by atoms with Crippen molar-refractivity contribution in [3.63, 3.8) is 0 Å². The van der Waals surface area contributed by atoms with Crippen molar-refractivity contribution in [3.8, 4) is 0 Å². The van der Waals surface area contributed by atoms with E-state index >= 15 is 0 Å². The predicted molar refractivity (Wildman–Crippen MR) is 111 cm³/mol. The van der Waals surface area contributed by atoms with E-state index in [-0.39, 0.29) is 11.7 Å². The highest BCUT2D eigenvalue weighted by Crippen LogP contribution is 2.17. The van der Waals surface area contributed by atoms with Crippen LogP contribution in [0.5, 0.6) is 0 Å². The van der Waals surface area contributed by atoms with E-state index in [9.17, 15) is 9.59 Å². The van der Waals surface area contributed by atoms with Gasteiger partial charge in [-0.1, -0.05) is 12.1 Å². The van der Waals surface area contributed by atoms with Crippen molar-refractivity contribution in [2.75, 3.05) is 18.9 Å². The molecule has 0 unspecified atom stereocenters. The Hall–Kier alpha value is -3.61. The van der Waals surface area contributed by atoms with E-state index in [1.54, 1.807) is 48.6 Å². The van der Waals surface area contributed by atoms with Crippen LogP contribution in [-0.4, -0.2) is 45.1 Å². The van der Waals surface area contributed by atoms with E-state index < -0.39 is 0 Å². The van der Waals surface area contributed by atoms with Gasteiger partial charge in [0.1, 0.15) is 5.69 Å². The van der Waals surface area contributed by atoms with Gasteiger partial charge in [-0.15, -0.1) is 0 Å². The van der Waals surface area contributed by atoms with Crippen LogP contribution in [0.1, 0.15) is 39.0 Å². The summed E-state index contributed by atoms with van der Waals surface area (Å²) in [6.45, 7) is 3.89. The Balaban J connectivity index is 1.73. The maximum absolute atomic E-state index is 12.8. The Bertz CT molecular complexity index is 1020. The summed E-state index contributed by atoms with van der Waals surface area (Å²) in [6.07, 6.45) is 4.21. The molecule has 0 bridgehead atoms. The van der Waals surface area contributed by atoms with Crippen molar-refractivity contribution in [1.82, 2.24) is 19.9 Å². The monoisotopic (exact) mass is 389 g/mol. The number of nitrogens with one attached hydrogen (secondary N) is 1. The minimum atomic E-state index is -0.176. The number of carbonyl (C=O) groups excluding carboxylic acids is 2. The van der Waals surface area contributed by atoms with Gasteiger partial charge in [0.2, 0.25) is 5.95 Å². The zero-order valence-electron chi connectivity index (χ0n) is 16.7. The molecule has 1 amide bonds. The summed E-state index contributed by atoms with van der Waals surface area (Å²) in [4.78, 5) is 38.8. The van der Waals surface area contributed by atoms with Crippen LogP contribution in [0.15, 0.2) is 54.9 Å². The molecule has 0 spiro atoms. The molecule has 0 atom stereocenters. The number of anilines is 2. The lowest BCUT2D eigenvalue weighted by molar-refractivity contribution is 0.0790. The Morgan fingerprint density at radius 1 is 1.07 bits per heavy atom. The summed E-state index contributed by atoms with van der Waals surface area (Å²) in [5.41, 5.74) is 3.39. The maximum Gasteiger partial charge on any atom is 0.272 e. The fraction of sp³-hybridized carbons (Fsp3) is 0.227. The zero-order chi connectivity index (χ0) is 20.8. The number of likely N-dealkylation sites (N-methyl/N-ethyl adjacent to an activating group) is 1. The van der Waals surface area contributed by atoms with Crippen molar-refractivity contribution in [1.29, 1.82) is 0 Å². The highest BCUT2D eigenvalue weighted by molar-refractivity contribution is 5.95. The van der Waals surface area contributed by atoms with Gasteiger partial charge in [0.15, 0.2) is 5.78 Å². The van der Waals surface area contributed by atoms with Gasteiger partial charge < -0.3 is 10.2 Å². The van der Waals surface area contributed by atoms with E-state index in [4.69, 9.17) is 0 Å². The summed E-state index contributed by atoms with van der Waals surface area (Å²) < 4.78 is 0. The first-order chi connectivity index (χ1) is 13.9. The Kier molecular flexibility index (Phi) is 6.29. The third-order valence-corrected chi connectivity index (χ3v) is 4.43. The quantitative estimate of drug-likeness (QED) is 0.623. The average Bonchev–Trinajstić information content (AvgIpc) is 2.72. The van der Waals surface area contributed by atoms with Crippen LogP contribution < -0.4 is 5.32 Å². The molecule has 0 saturated carbocycles. The topological polar surface area (TPSA) is 88.1 Å². The van der Waals surface area contributed by atoms with E-state index in [1.165, 1.54) is 6.92 Å². The number of Topliss-reactive ketones (excluding diaryl/α,β-unsaturated/α-hetero) is 1. The normalized spacial score (nSPS) is 10.4. The lowest BCUT2D eigenvalue weighted by Crippen LogP contribution is -2.30. The highest BCUT2D eigenvalue weighted by Gasteiger charge is 2.15. The van der Waals surface area contributed by atoms with Gasteiger partial charge >= 0.3 is 0 Å². The molecule has 7 heteroatoms. The Morgan fingerprint density at radius 2 is 1.83 bits per heavy atom. The fourth-order valence-corrected chi connectivity index (χ4v) is 2.82. The van der Waals surface area contributed by atoms with Gasteiger partial charge in [0.25, 0.3) is 5.91 Å². The Morgan fingerprint density at radius 3 is 2.55 bits per heavy atom. The molecule has 3 rings (SSSR count). The second-order valence-electron chi connectivity index (χ2n) is 6.81. The molecular weight excluding hydrogens is 366 g/mol. The van der Waals surface area contributed by atoms with E-state index in [0.29, 0.717) is 35.1 Å². The SMILES string of the molecule is CC(=O)c1cccc(Nc2nc(C)cc(C(=O)N(C)CCc3ccncc3)n2)c1. The lowest BCUT2D eigenvalue weighted by Gasteiger charge is -2.17. The minimum Gasteiger partial charge on any atom is -0.340 e. The number of amides is 1. The summed E-state index contributed by atoms with van der Waals surface area (Å²) >= 11 is 0. The average molecular weight is 389 g/mol. The summed E-state index contributed by atoms with van der Waals surface area (Å²) in [6, 6.07) is 12.6. The maximum atomic E-state index is 12.8. The number of hydrogen-bond donors (Lipinski definition) is 1. The first-order valence-electron chi connectivity index (χ1n) is 9.30. The second-order valence-corrected chi connectivity index (χ2v) is 6.81. The van der Waals surface area contributed by atoms with Crippen LogP contribution in [0.25, 0.3) is 0 Å². The molecule has 29 heavy (non-hydrogen) atoms. The molecule has 2 heterocycles. The van der Waals surface area contributed by atoms with Crippen LogP contribution >= 0.6 is 0 Å². The van der Waals surface area contributed by atoms with Crippen molar-refractivity contribution < 1.29 is 9.59 Å². The standard InChI is InChI=1S/C22H23N5O2/c1-15-13-20(21(29)27(3)12-9-17-7-10-23-11-8-17)26-22(24-15)25-19-6-4-5-18(14-19)16(2)28/h4-8,10-11,13-14H,9,12H2,1-3H3,(H,24,25,26). The minimum absolute atomic E-state index is 0.0227. The molecule has 7 nitrogen and oxygen atoms in total. The van der Waals surface area contributed by atoms with Crippen LogP contribution in [0.2, 0.25) is 0 Å².